The third kappa shape index (κ3) is 1.74. The minimum atomic E-state index is 1.03. The number of halogens is 1. The maximum absolute atomic E-state index is 4.60. The Morgan fingerprint density at radius 3 is 2.69 bits per heavy atom. The maximum atomic E-state index is 4.60. The number of hydrogen-bond donors (Lipinski definition) is 0. The van der Waals surface area contributed by atoms with Gasteiger partial charge in [0.05, 0.1) is 10.2 Å². The van der Waals surface area contributed by atoms with Crippen molar-refractivity contribution in [3.8, 4) is 10.6 Å². The van der Waals surface area contributed by atoms with Gasteiger partial charge in [-0.15, -0.1) is 11.3 Å². The van der Waals surface area contributed by atoms with Gasteiger partial charge in [0.2, 0.25) is 0 Å². The summed E-state index contributed by atoms with van der Waals surface area (Å²) in [5.74, 6) is 0. The lowest BCUT2D eigenvalue weighted by atomic mass is 10.3. The van der Waals surface area contributed by atoms with Crippen molar-refractivity contribution in [2.75, 3.05) is 0 Å². The fourth-order valence-electron chi connectivity index (χ4n) is 1.52. The molecule has 0 aliphatic carbocycles. The molecule has 0 aliphatic heterocycles. The van der Waals surface area contributed by atoms with Gasteiger partial charge in [0, 0.05) is 22.4 Å². The molecule has 0 radical (unpaired) electrons. The molecule has 2 aromatic heterocycles. The van der Waals surface area contributed by atoms with E-state index >= 15 is 0 Å². The van der Waals surface area contributed by atoms with Crippen molar-refractivity contribution in [3.05, 3.63) is 47.2 Å². The Morgan fingerprint density at radius 1 is 1.06 bits per heavy atom. The summed E-state index contributed by atoms with van der Waals surface area (Å²) in [6, 6.07) is 10.1. The van der Waals surface area contributed by atoms with Gasteiger partial charge >= 0.3 is 0 Å². The summed E-state index contributed by atoms with van der Waals surface area (Å²) >= 11 is 5.15. The van der Waals surface area contributed by atoms with Crippen molar-refractivity contribution in [1.29, 1.82) is 0 Å². The molecule has 0 spiro atoms. The van der Waals surface area contributed by atoms with Crippen molar-refractivity contribution >= 4 is 37.5 Å². The topological polar surface area (TPSA) is 25.8 Å². The third-order valence-electron chi connectivity index (χ3n) is 2.28. The second kappa shape index (κ2) is 3.96. The first-order valence-corrected chi connectivity index (χ1v) is 6.40. The fraction of sp³-hybridized carbons (Fsp3) is 0. The number of benzene rings is 1. The first kappa shape index (κ1) is 9.93. The van der Waals surface area contributed by atoms with E-state index in [0.717, 1.165) is 20.6 Å². The number of thiazole rings is 1. The molecule has 2 heterocycles. The molecule has 0 bridgehead atoms. The monoisotopic (exact) mass is 290 g/mol. The highest BCUT2D eigenvalue weighted by Gasteiger charge is 2.05. The quantitative estimate of drug-likeness (QED) is 0.674. The molecule has 0 amide bonds. The van der Waals surface area contributed by atoms with Crippen LogP contribution in [-0.2, 0) is 0 Å². The number of aromatic nitrogens is 2. The van der Waals surface area contributed by atoms with E-state index in [2.05, 4.69) is 32.0 Å². The Bertz CT molecular complexity index is 634. The number of rotatable bonds is 1. The van der Waals surface area contributed by atoms with Crippen molar-refractivity contribution in [2.24, 2.45) is 0 Å². The van der Waals surface area contributed by atoms with Crippen molar-refractivity contribution in [1.82, 2.24) is 9.97 Å². The Kier molecular flexibility index (Phi) is 2.46. The fourth-order valence-corrected chi connectivity index (χ4v) is 2.82. The highest BCUT2D eigenvalue weighted by atomic mass is 79.9. The highest BCUT2D eigenvalue weighted by molar-refractivity contribution is 9.10. The normalized spacial score (nSPS) is 10.8. The molecule has 1 aromatic carbocycles. The second-order valence-corrected chi connectivity index (χ2v) is 5.31. The van der Waals surface area contributed by atoms with Crippen molar-refractivity contribution in [3.63, 3.8) is 0 Å². The van der Waals surface area contributed by atoms with Crippen molar-refractivity contribution < 1.29 is 0 Å². The van der Waals surface area contributed by atoms with Crippen LogP contribution in [0.1, 0.15) is 0 Å². The summed E-state index contributed by atoms with van der Waals surface area (Å²) in [4.78, 5) is 8.61. The molecule has 4 heteroatoms. The SMILES string of the molecule is Brc1ccc2sc(-c3ccncc3)nc2c1. The number of hydrogen-bond acceptors (Lipinski definition) is 3. The molecule has 3 aromatic rings. The van der Waals surface area contributed by atoms with E-state index in [4.69, 9.17) is 0 Å². The zero-order valence-corrected chi connectivity index (χ0v) is 10.6. The zero-order chi connectivity index (χ0) is 11.0. The average molecular weight is 291 g/mol. The molecule has 0 fully saturated rings. The summed E-state index contributed by atoms with van der Waals surface area (Å²) in [6.45, 7) is 0. The summed E-state index contributed by atoms with van der Waals surface area (Å²) in [7, 11) is 0. The van der Waals surface area contributed by atoms with Crippen LogP contribution >= 0.6 is 27.3 Å². The number of nitrogens with zero attached hydrogens (tertiary/aromatic N) is 2. The van der Waals surface area contributed by atoms with Crippen LogP contribution in [-0.4, -0.2) is 9.97 Å². The Hall–Kier alpha value is -1.26. The Morgan fingerprint density at radius 2 is 1.88 bits per heavy atom. The maximum Gasteiger partial charge on any atom is 0.124 e. The van der Waals surface area contributed by atoms with E-state index in [0.29, 0.717) is 0 Å². The molecule has 0 saturated heterocycles. The van der Waals surface area contributed by atoms with E-state index in [1.807, 2.05) is 24.3 Å². The van der Waals surface area contributed by atoms with Crippen LogP contribution in [0.15, 0.2) is 47.2 Å². The molecule has 2 nitrogen and oxygen atoms in total. The molecular weight excluding hydrogens is 284 g/mol. The molecule has 0 aliphatic rings. The minimum absolute atomic E-state index is 1.03. The lowest BCUT2D eigenvalue weighted by Crippen LogP contribution is -1.75. The van der Waals surface area contributed by atoms with Gasteiger partial charge in [0.1, 0.15) is 5.01 Å². The number of fused-ring (bicyclic) bond motifs is 1. The highest BCUT2D eigenvalue weighted by Crippen LogP contribution is 2.31. The van der Waals surface area contributed by atoms with Crippen LogP contribution in [0.4, 0.5) is 0 Å². The van der Waals surface area contributed by atoms with Crippen LogP contribution < -0.4 is 0 Å². The molecule has 0 saturated carbocycles. The number of pyridine rings is 1. The van der Waals surface area contributed by atoms with E-state index in [1.54, 1.807) is 23.7 Å². The van der Waals surface area contributed by atoms with E-state index in [1.165, 1.54) is 4.70 Å². The zero-order valence-electron chi connectivity index (χ0n) is 8.22. The molecule has 78 valence electrons. The smallest absolute Gasteiger partial charge is 0.124 e. The minimum Gasteiger partial charge on any atom is -0.265 e. The largest absolute Gasteiger partial charge is 0.265 e. The van der Waals surface area contributed by atoms with Crippen LogP contribution in [0.3, 0.4) is 0 Å². The Balaban J connectivity index is 2.19. The summed E-state index contributed by atoms with van der Waals surface area (Å²) in [5, 5.41) is 1.04. The average Bonchev–Trinajstić information content (AvgIpc) is 2.73. The second-order valence-electron chi connectivity index (χ2n) is 3.37. The van der Waals surface area contributed by atoms with E-state index in [-0.39, 0.29) is 0 Å². The molecule has 0 atom stereocenters. The van der Waals surface area contributed by atoms with E-state index in [9.17, 15) is 0 Å². The van der Waals surface area contributed by atoms with Crippen LogP contribution in [0.25, 0.3) is 20.8 Å². The lowest BCUT2D eigenvalue weighted by Gasteiger charge is -1.91. The van der Waals surface area contributed by atoms with Gasteiger partial charge in [0.25, 0.3) is 0 Å². The molecule has 3 rings (SSSR count). The molecular formula is C12H7BrN2S. The van der Waals surface area contributed by atoms with Gasteiger partial charge < -0.3 is 0 Å². The first-order chi connectivity index (χ1) is 7.83. The predicted octanol–water partition coefficient (Wildman–Crippen LogP) is 4.12. The van der Waals surface area contributed by atoms with Crippen LogP contribution in [0.5, 0.6) is 0 Å². The third-order valence-corrected chi connectivity index (χ3v) is 3.86. The van der Waals surface area contributed by atoms with Crippen LogP contribution in [0, 0.1) is 0 Å². The van der Waals surface area contributed by atoms with Gasteiger partial charge in [-0.25, -0.2) is 4.98 Å². The lowest BCUT2D eigenvalue weighted by molar-refractivity contribution is 1.32. The summed E-state index contributed by atoms with van der Waals surface area (Å²) in [6.07, 6.45) is 3.58. The first-order valence-electron chi connectivity index (χ1n) is 4.79. The van der Waals surface area contributed by atoms with Crippen molar-refractivity contribution in [2.45, 2.75) is 0 Å². The van der Waals surface area contributed by atoms with Gasteiger partial charge in [-0.3, -0.25) is 4.98 Å². The molecule has 0 unspecified atom stereocenters. The van der Waals surface area contributed by atoms with Gasteiger partial charge in [0.15, 0.2) is 0 Å². The molecule has 16 heavy (non-hydrogen) atoms. The van der Waals surface area contributed by atoms with Gasteiger partial charge in [-0.1, -0.05) is 15.9 Å². The Labute approximate surface area is 105 Å². The molecule has 0 N–H and O–H groups in total. The summed E-state index contributed by atoms with van der Waals surface area (Å²) < 4.78 is 2.27. The summed E-state index contributed by atoms with van der Waals surface area (Å²) in [5.41, 5.74) is 2.15. The van der Waals surface area contributed by atoms with Gasteiger partial charge in [-0.05, 0) is 30.3 Å². The van der Waals surface area contributed by atoms with E-state index < -0.39 is 0 Å². The standard InChI is InChI=1S/C12H7BrN2S/c13-9-1-2-11-10(7-9)15-12(16-11)8-3-5-14-6-4-8/h1-7H. The predicted molar refractivity (Wildman–Crippen MR) is 70.6 cm³/mol. The van der Waals surface area contributed by atoms with Crippen LogP contribution in [0.2, 0.25) is 0 Å². The van der Waals surface area contributed by atoms with Gasteiger partial charge in [-0.2, -0.15) is 0 Å².